The summed E-state index contributed by atoms with van der Waals surface area (Å²) in [5.74, 6) is 0.173. The van der Waals surface area contributed by atoms with Crippen molar-refractivity contribution >= 4 is 40.4 Å². The van der Waals surface area contributed by atoms with Crippen molar-refractivity contribution < 1.29 is 4.79 Å². The van der Waals surface area contributed by atoms with Gasteiger partial charge in [-0.2, -0.15) is 0 Å². The van der Waals surface area contributed by atoms with Crippen LogP contribution < -0.4 is 5.32 Å². The fraction of sp³-hybridized carbons (Fsp3) is 0.300. The Hall–Kier alpha value is -1.91. The zero-order valence-corrected chi connectivity index (χ0v) is 15.7. The molecule has 0 amide bonds. The molecule has 2 aromatic rings. The summed E-state index contributed by atoms with van der Waals surface area (Å²) in [6.45, 7) is 0. The fourth-order valence-corrected chi connectivity index (χ4v) is 4.10. The number of para-hydroxylation sites is 1. The van der Waals surface area contributed by atoms with E-state index in [1.54, 1.807) is 0 Å². The molecule has 0 aromatic heterocycles. The zero-order chi connectivity index (χ0) is 17.9. The number of halogens is 1. The molecule has 0 spiro atoms. The lowest BCUT2D eigenvalue weighted by molar-refractivity contribution is -0.131. The number of thiocarbonyl (C=S) groups is 1. The van der Waals surface area contributed by atoms with Gasteiger partial charge in [0.15, 0.2) is 10.9 Å². The molecular weight excluding hydrogens is 352 g/mol. The average molecular weight is 373 g/mol. The molecule has 1 fully saturated rings. The molecule has 1 aliphatic rings. The minimum atomic E-state index is -0.810. The first-order valence-corrected chi connectivity index (χ1v) is 9.22. The highest BCUT2D eigenvalue weighted by molar-refractivity contribution is 7.80. The van der Waals surface area contributed by atoms with Crippen LogP contribution in [0.25, 0.3) is 0 Å². The van der Waals surface area contributed by atoms with Gasteiger partial charge in [-0.15, -0.1) is 0 Å². The van der Waals surface area contributed by atoms with Gasteiger partial charge in [0.05, 0.1) is 0 Å². The molecule has 0 heterocycles. The molecule has 3 rings (SSSR count). The number of rotatable bonds is 3. The van der Waals surface area contributed by atoms with Gasteiger partial charge in [-0.25, -0.2) is 0 Å². The fourth-order valence-electron chi connectivity index (χ4n) is 3.53. The SMILES string of the molecule is CN(C(=S)Nc1ccccc1)[C@@]1(c2ccccc2Cl)CCCCC1=O. The maximum Gasteiger partial charge on any atom is 0.174 e. The van der Waals surface area contributed by atoms with Crippen molar-refractivity contribution in [2.45, 2.75) is 31.2 Å². The van der Waals surface area contributed by atoms with E-state index in [2.05, 4.69) is 5.32 Å². The van der Waals surface area contributed by atoms with Gasteiger partial charge >= 0.3 is 0 Å². The van der Waals surface area contributed by atoms with Crippen molar-refractivity contribution in [3.05, 3.63) is 65.2 Å². The maximum atomic E-state index is 13.1. The van der Waals surface area contributed by atoms with Crippen molar-refractivity contribution in [3.8, 4) is 0 Å². The molecule has 130 valence electrons. The molecule has 25 heavy (non-hydrogen) atoms. The van der Waals surface area contributed by atoms with Crippen LogP contribution in [0, 0.1) is 0 Å². The minimum absolute atomic E-state index is 0.173. The number of benzene rings is 2. The van der Waals surface area contributed by atoms with Gasteiger partial charge in [-0.05, 0) is 49.7 Å². The Labute approximate surface area is 159 Å². The Bertz CT molecular complexity index is 780. The summed E-state index contributed by atoms with van der Waals surface area (Å²) in [4.78, 5) is 15.0. The molecule has 1 aliphatic carbocycles. The highest BCUT2D eigenvalue weighted by Gasteiger charge is 2.47. The first-order chi connectivity index (χ1) is 12.1. The molecular formula is C20H21ClN2OS. The largest absolute Gasteiger partial charge is 0.335 e. The van der Waals surface area contributed by atoms with E-state index in [1.165, 1.54) is 0 Å². The third kappa shape index (κ3) is 3.42. The highest BCUT2D eigenvalue weighted by Crippen LogP contribution is 2.42. The van der Waals surface area contributed by atoms with Gasteiger partial charge in [0.2, 0.25) is 0 Å². The number of hydrogen-bond acceptors (Lipinski definition) is 2. The second-order valence-electron chi connectivity index (χ2n) is 6.33. The van der Waals surface area contributed by atoms with E-state index in [0.29, 0.717) is 23.0 Å². The van der Waals surface area contributed by atoms with Gasteiger partial charge in [-0.1, -0.05) is 48.0 Å². The van der Waals surface area contributed by atoms with E-state index in [9.17, 15) is 4.79 Å². The minimum Gasteiger partial charge on any atom is -0.335 e. The van der Waals surface area contributed by atoms with Crippen LogP contribution in [0.5, 0.6) is 0 Å². The molecule has 0 bridgehead atoms. The van der Waals surface area contributed by atoms with Crippen LogP contribution in [0.4, 0.5) is 5.69 Å². The van der Waals surface area contributed by atoms with Crippen LogP contribution in [0.2, 0.25) is 5.02 Å². The van der Waals surface area contributed by atoms with Crippen LogP contribution in [0.1, 0.15) is 31.2 Å². The summed E-state index contributed by atoms with van der Waals surface area (Å²) in [6.07, 6.45) is 3.14. The standard InChI is InChI=1S/C20H21ClN2OS/c1-23(19(25)22-15-9-3-2-4-10-15)20(14-8-7-13-18(20)24)16-11-5-6-12-17(16)21/h2-6,9-12H,7-8,13-14H2,1H3,(H,22,25)/t20-/m1/s1. The lowest BCUT2D eigenvalue weighted by Crippen LogP contribution is -2.55. The Morgan fingerprint density at radius 3 is 2.48 bits per heavy atom. The van der Waals surface area contributed by atoms with Gasteiger partial charge in [0, 0.05) is 29.7 Å². The summed E-state index contributed by atoms with van der Waals surface area (Å²) in [5, 5.41) is 4.35. The average Bonchev–Trinajstić information content (AvgIpc) is 2.63. The van der Waals surface area contributed by atoms with Crippen LogP contribution in [-0.4, -0.2) is 22.8 Å². The van der Waals surface area contributed by atoms with Crippen LogP contribution in [-0.2, 0) is 10.3 Å². The Morgan fingerprint density at radius 2 is 1.80 bits per heavy atom. The number of ketones is 1. The Morgan fingerprint density at radius 1 is 1.12 bits per heavy atom. The molecule has 1 saturated carbocycles. The number of hydrogen-bond donors (Lipinski definition) is 1. The van der Waals surface area contributed by atoms with Gasteiger partial charge in [-0.3, -0.25) is 4.79 Å². The van der Waals surface area contributed by atoms with E-state index in [4.69, 9.17) is 23.8 Å². The lowest BCUT2D eigenvalue weighted by Gasteiger charge is -2.45. The van der Waals surface area contributed by atoms with Crippen molar-refractivity contribution in [2.24, 2.45) is 0 Å². The highest BCUT2D eigenvalue weighted by atomic mass is 35.5. The van der Waals surface area contributed by atoms with Crippen molar-refractivity contribution in [1.82, 2.24) is 4.90 Å². The first kappa shape index (κ1) is 17.9. The summed E-state index contributed by atoms with van der Waals surface area (Å²) >= 11 is 12.1. The Balaban J connectivity index is 1.98. The van der Waals surface area contributed by atoms with Crippen molar-refractivity contribution in [3.63, 3.8) is 0 Å². The van der Waals surface area contributed by atoms with Crippen LogP contribution >= 0.6 is 23.8 Å². The number of nitrogens with zero attached hydrogens (tertiary/aromatic N) is 1. The predicted molar refractivity (Wildman–Crippen MR) is 107 cm³/mol. The van der Waals surface area contributed by atoms with Crippen molar-refractivity contribution in [2.75, 3.05) is 12.4 Å². The molecule has 1 atom stereocenters. The maximum absolute atomic E-state index is 13.1. The van der Waals surface area contributed by atoms with Crippen LogP contribution in [0.3, 0.4) is 0 Å². The van der Waals surface area contributed by atoms with Crippen LogP contribution in [0.15, 0.2) is 54.6 Å². The van der Waals surface area contributed by atoms with Gasteiger partial charge in [0.1, 0.15) is 5.54 Å². The van der Waals surface area contributed by atoms with Crippen molar-refractivity contribution in [1.29, 1.82) is 0 Å². The predicted octanol–water partition coefficient (Wildman–Crippen LogP) is 5.01. The zero-order valence-electron chi connectivity index (χ0n) is 14.2. The topological polar surface area (TPSA) is 32.3 Å². The molecule has 0 saturated heterocycles. The summed E-state index contributed by atoms with van der Waals surface area (Å²) in [6, 6.07) is 17.3. The molecule has 0 unspecified atom stereocenters. The third-order valence-electron chi connectivity index (χ3n) is 4.88. The number of anilines is 1. The second kappa shape index (κ2) is 7.54. The monoisotopic (exact) mass is 372 g/mol. The van der Waals surface area contributed by atoms with E-state index in [0.717, 1.165) is 24.1 Å². The number of likely N-dealkylation sites (N-methyl/N-ethyl adjacent to an activating group) is 1. The third-order valence-corrected chi connectivity index (χ3v) is 5.58. The first-order valence-electron chi connectivity index (χ1n) is 8.44. The molecule has 3 nitrogen and oxygen atoms in total. The summed E-state index contributed by atoms with van der Waals surface area (Å²) in [5.41, 5.74) is 0.924. The number of carbonyl (C=O) groups excluding carboxylic acids is 1. The van der Waals surface area contributed by atoms with E-state index in [-0.39, 0.29) is 5.78 Å². The molecule has 0 aliphatic heterocycles. The smallest absolute Gasteiger partial charge is 0.174 e. The molecule has 0 radical (unpaired) electrons. The summed E-state index contributed by atoms with van der Waals surface area (Å²) < 4.78 is 0. The second-order valence-corrected chi connectivity index (χ2v) is 7.12. The summed E-state index contributed by atoms with van der Waals surface area (Å²) in [7, 11) is 1.88. The molecule has 1 N–H and O–H groups in total. The van der Waals surface area contributed by atoms with Gasteiger partial charge in [0.25, 0.3) is 0 Å². The number of Topliss-reactive ketones (excluding diaryl/α,β-unsaturated/α-hetero) is 1. The molecule has 2 aromatic carbocycles. The normalized spacial score (nSPS) is 20.2. The van der Waals surface area contributed by atoms with E-state index >= 15 is 0 Å². The van der Waals surface area contributed by atoms with E-state index < -0.39 is 5.54 Å². The Kier molecular flexibility index (Phi) is 5.40. The number of nitrogens with one attached hydrogen (secondary N) is 1. The lowest BCUT2D eigenvalue weighted by atomic mass is 9.74. The van der Waals surface area contributed by atoms with E-state index in [1.807, 2.05) is 66.5 Å². The van der Waals surface area contributed by atoms with Gasteiger partial charge < -0.3 is 10.2 Å². The molecule has 5 heteroatoms. The number of carbonyl (C=O) groups is 1. The quantitative estimate of drug-likeness (QED) is 0.768.